The van der Waals surface area contributed by atoms with Crippen molar-refractivity contribution in [2.45, 2.75) is 47.1 Å². The first-order valence-electron chi connectivity index (χ1n) is 9.64. The Labute approximate surface area is 157 Å². The molecule has 146 valence electrons. The number of nitrogens with one attached hydrogen (secondary N) is 1. The summed E-state index contributed by atoms with van der Waals surface area (Å²) in [6, 6.07) is 5.87. The predicted octanol–water partition coefficient (Wildman–Crippen LogP) is 4.31. The number of anilines is 1. The number of hydrogen-bond acceptors (Lipinski definition) is 4. The van der Waals surface area contributed by atoms with Gasteiger partial charge in [0.2, 0.25) is 0 Å². The Hall–Kier alpha value is -1.98. The van der Waals surface area contributed by atoms with Gasteiger partial charge in [-0.2, -0.15) is 0 Å². The molecule has 5 heteroatoms. The van der Waals surface area contributed by atoms with Gasteiger partial charge >= 0.3 is 0 Å². The van der Waals surface area contributed by atoms with Crippen molar-refractivity contribution in [1.82, 2.24) is 4.98 Å². The van der Waals surface area contributed by atoms with E-state index in [9.17, 15) is 5.11 Å². The smallest absolute Gasteiger partial charge is 0.102 e. The lowest BCUT2D eigenvalue weighted by Gasteiger charge is -2.29. The zero-order valence-corrected chi connectivity index (χ0v) is 16.9. The number of para-hydroxylation sites is 1. The van der Waals surface area contributed by atoms with E-state index in [1.807, 2.05) is 34.6 Å². The van der Waals surface area contributed by atoms with E-state index in [1.54, 1.807) is 0 Å². The average molecular weight is 362 g/mol. The second-order valence-corrected chi connectivity index (χ2v) is 5.83. The van der Waals surface area contributed by atoms with Gasteiger partial charge in [0.05, 0.1) is 30.5 Å². The van der Waals surface area contributed by atoms with Crippen molar-refractivity contribution < 1.29 is 9.84 Å². The van der Waals surface area contributed by atoms with Crippen molar-refractivity contribution in [1.29, 1.82) is 0 Å². The molecule has 1 saturated heterocycles. The number of rotatable bonds is 4. The maximum atomic E-state index is 9.49. The van der Waals surface area contributed by atoms with Gasteiger partial charge in [-0.25, -0.2) is 0 Å². The Balaban J connectivity index is 0.000000791. The summed E-state index contributed by atoms with van der Waals surface area (Å²) >= 11 is 0. The topological polar surface area (TPSA) is 74.5 Å². The highest BCUT2D eigenvalue weighted by Gasteiger charge is 2.19. The van der Waals surface area contributed by atoms with Crippen molar-refractivity contribution in [3.05, 3.63) is 41.8 Å². The maximum absolute atomic E-state index is 9.49. The molecular weight excluding hydrogens is 326 g/mol. The lowest BCUT2D eigenvalue weighted by atomic mass is 10.0. The number of aromatic nitrogens is 1. The Morgan fingerprint density at radius 3 is 2.46 bits per heavy atom. The monoisotopic (exact) mass is 361 g/mol. The Kier molecular flexibility index (Phi) is 9.24. The Bertz CT molecular complexity index is 688. The van der Waals surface area contributed by atoms with E-state index in [1.165, 1.54) is 5.69 Å². The quantitative estimate of drug-likeness (QED) is 0.710. The maximum Gasteiger partial charge on any atom is 0.102 e. The van der Waals surface area contributed by atoms with Gasteiger partial charge in [-0.1, -0.05) is 46.4 Å². The van der Waals surface area contributed by atoms with Gasteiger partial charge in [-0.15, -0.1) is 0 Å². The lowest BCUT2D eigenvalue weighted by molar-refractivity contribution is 0.123. The molecule has 1 fully saturated rings. The first-order chi connectivity index (χ1) is 12.6. The number of morpholine rings is 1. The first-order valence-corrected chi connectivity index (χ1v) is 9.64. The molecule has 5 nitrogen and oxygen atoms in total. The molecule has 2 aromatic rings. The standard InChI is InChI=1S/C17H23N3O2.2C2H6/c1-11-14(10-15(18)12(2)21)13-4-3-5-16(17(13)19-11)20-6-8-22-9-7-20;2*1-2/h3-5,15,19,21H,2,6-10,18H2,1H3;2*1-2H3. The third-order valence-corrected chi connectivity index (χ3v) is 4.34. The highest BCUT2D eigenvalue weighted by Crippen LogP contribution is 2.31. The van der Waals surface area contributed by atoms with Crippen LogP contribution in [-0.2, 0) is 11.2 Å². The minimum absolute atomic E-state index is 0.0260. The molecule has 0 amide bonds. The molecule has 0 saturated carbocycles. The van der Waals surface area contributed by atoms with Crippen LogP contribution in [0.15, 0.2) is 30.5 Å². The normalized spacial score (nSPS) is 14.8. The van der Waals surface area contributed by atoms with Crippen LogP contribution in [0, 0.1) is 6.92 Å². The lowest BCUT2D eigenvalue weighted by Crippen LogP contribution is -2.36. The molecule has 1 aromatic heterocycles. The Morgan fingerprint density at radius 2 is 1.88 bits per heavy atom. The van der Waals surface area contributed by atoms with Crippen LogP contribution in [0.4, 0.5) is 5.69 Å². The second kappa shape index (κ2) is 10.9. The van der Waals surface area contributed by atoms with E-state index < -0.39 is 6.04 Å². The first kappa shape index (κ1) is 22.1. The van der Waals surface area contributed by atoms with Crippen LogP contribution < -0.4 is 10.6 Å². The largest absolute Gasteiger partial charge is 0.511 e. The van der Waals surface area contributed by atoms with Crippen LogP contribution >= 0.6 is 0 Å². The van der Waals surface area contributed by atoms with Crippen molar-refractivity contribution in [3.8, 4) is 0 Å². The third-order valence-electron chi connectivity index (χ3n) is 4.34. The number of aromatic amines is 1. The van der Waals surface area contributed by atoms with E-state index in [2.05, 4.69) is 34.7 Å². The minimum Gasteiger partial charge on any atom is -0.511 e. The van der Waals surface area contributed by atoms with Crippen molar-refractivity contribution in [3.63, 3.8) is 0 Å². The highest BCUT2D eigenvalue weighted by molar-refractivity contribution is 5.95. The van der Waals surface area contributed by atoms with E-state index in [0.29, 0.717) is 6.42 Å². The number of aliphatic hydroxyl groups excluding tert-OH is 1. The molecule has 1 unspecified atom stereocenters. The summed E-state index contributed by atoms with van der Waals surface area (Å²) < 4.78 is 5.44. The minimum atomic E-state index is -0.440. The summed E-state index contributed by atoms with van der Waals surface area (Å²) in [7, 11) is 0. The zero-order chi connectivity index (χ0) is 19.7. The fourth-order valence-corrected chi connectivity index (χ4v) is 3.06. The van der Waals surface area contributed by atoms with Crippen LogP contribution in [0.3, 0.4) is 0 Å². The molecule has 0 bridgehead atoms. The predicted molar refractivity (Wildman–Crippen MR) is 112 cm³/mol. The third kappa shape index (κ3) is 5.02. The van der Waals surface area contributed by atoms with Crippen molar-refractivity contribution in [2.24, 2.45) is 5.73 Å². The summed E-state index contributed by atoms with van der Waals surface area (Å²) in [5, 5.41) is 10.7. The number of aliphatic hydroxyl groups is 1. The second-order valence-electron chi connectivity index (χ2n) is 5.83. The molecule has 2 heterocycles. The molecule has 1 aliphatic heterocycles. The number of ether oxygens (including phenoxy) is 1. The molecule has 1 aliphatic rings. The fraction of sp³-hybridized carbons (Fsp3) is 0.524. The van der Waals surface area contributed by atoms with Crippen LogP contribution in [-0.4, -0.2) is 42.4 Å². The highest BCUT2D eigenvalue weighted by atomic mass is 16.5. The number of aryl methyl sites for hydroxylation is 1. The zero-order valence-electron chi connectivity index (χ0n) is 16.9. The van der Waals surface area contributed by atoms with Crippen molar-refractivity contribution in [2.75, 3.05) is 31.2 Å². The molecular formula is C21H35N3O2. The number of nitrogens with two attached hydrogens (primary N) is 1. The van der Waals surface area contributed by atoms with Gasteiger partial charge in [0.15, 0.2) is 0 Å². The van der Waals surface area contributed by atoms with Crippen molar-refractivity contribution >= 4 is 16.6 Å². The molecule has 0 aliphatic carbocycles. The van der Waals surface area contributed by atoms with Crippen LogP contribution in [0.1, 0.15) is 39.0 Å². The Morgan fingerprint density at radius 1 is 1.27 bits per heavy atom. The van der Waals surface area contributed by atoms with E-state index in [-0.39, 0.29) is 5.76 Å². The summed E-state index contributed by atoms with van der Waals surface area (Å²) in [4.78, 5) is 5.83. The van der Waals surface area contributed by atoms with E-state index in [4.69, 9.17) is 10.5 Å². The number of fused-ring (bicyclic) bond motifs is 1. The molecule has 0 radical (unpaired) electrons. The van der Waals surface area contributed by atoms with Gasteiger partial charge in [0, 0.05) is 24.2 Å². The molecule has 1 atom stereocenters. The number of benzene rings is 1. The summed E-state index contributed by atoms with van der Waals surface area (Å²) in [5.74, 6) is 0.0260. The number of hydrogen-bond donors (Lipinski definition) is 3. The van der Waals surface area contributed by atoms with Crippen LogP contribution in [0.25, 0.3) is 10.9 Å². The summed E-state index contributed by atoms with van der Waals surface area (Å²) in [5.41, 5.74) is 10.5. The SMILES string of the molecule is C=C(O)C(N)Cc1c(C)[nH]c2c(N3CCOCC3)cccc12.CC.CC. The van der Waals surface area contributed by atoms with Gasteiger partial charge in [0.1, 0.15) is 5.76 Å². The molecule has 4 N–H and O–H groups in total. The van der Waals surface area contributed by atoms with Gasteiger partial charge in [0.25, 0.3) is 0 Å². The number of H-pyrrole nitrogens is 1. The summed E-state index contributed by atoms with van der Waals surface area (Å²) in [6.45, 7) is 16.9. The van der Waals surface area contributed by atoms with Gasteiger partial charge < -0.3 is 25.5 Å². The molecule has 0 spiro atoms. The number of nitrogens with zero attached hydrogens (tertiary/aromatic N) is 1. The fourth-order valence-electron chi connectivity index (χ4n) is 3.06. The van der Waals surface area contributed by atoms with Crippen LogP contribution in [0.2, 0.25) is 0 Å². The molecule has 3 rings (SSSR count). The summed E-state index contributed by atoms with van der Waals surface area (Å²) in [6.07, 6.45) is 0.577. The van der Waals surface area contributed by atoms with Crippen LogP contribution in [0.5, 0.6) is 0 Å². The molecule has 26 heavy (non-hydrogen) atoms. The average Bonchev–Trinajstić information content (AvgIpc) is 3.01. The van der Waals surface area contributed by atoms with E-state index in [0.717, 1.165) is 48.5 Å². The van der Waals surface area contributed by atoms with Gasteiger partial charge in [-0.3, -0.25) is 0 Å². The van der Waals surface area contributed by atoms with Gasteiger partial charge in [-0.05, 0) is 25.0 Å². The van der Waals surface area contributed by atoms with E-state index >= 15 is 0 Å². The molecule has 1 aromatic carbocycles.